The molecule has 0 bridgehead atoms. The number of aryl methyl sites for hydroxylation is 2. The van der Waals surface area contributed by atoms with Gasteiger partial charge in [-0.25, -0.2) is 0 Å². The van der Waals surface area contributed by atoms with Gasteiger partial charge in [-0.05, 0) is 49.2 Å². The van der Waals surface area contributed by atoms with E-state index >= 15 is 0 Å². The zero-order valence-corrected chi connectivity index (χ0v) is 18.4. The average Bonchev–Trinajstić information content (AvgIpc) is 3.10. The van der Waals surface area contributed by atoms with E-state index in [0.717, 1.165) is 23.4 Å². The van der Waals surface area contributed by atoms with Gasteiger partial charge in [0.1, 0.15) is 5.75 Å². The maximum atomic E-state index is 13.1. The van der Waals surface area contributed by atoms with Gasteiger partial charge in [-0.2, -0.15) is 5.10 Å². The fraction of sp³-hybridized carbons (Fsp3) is 0.360. The van der Waals surface area contributed by atoms with Gasteiger partial charge in [0, 0.05) is 43.4 Å². The molecule has 31 heavy (non-hydrogen) atoms. The lowest BCUT2D eigenvalue weighted by molar-refractivity contribution is 0.0728. The molecule has 4 rings (SSSR count). The van der Waals surface area contributed by atoms with E-state index in [2.05, 4.69) is 24.2 Å². The summed E-state index contributed by atoms with van der Waals surface area (Å²) in [6, 6.07) is 15.6. The molecule has 0 saturated carbocycles. The highest BCUT2D eigenvalue weighted by Crippen LogP contribution is 2.25. The number of aromatic nitrogens is 2. The quantitative estimate of drug-likeness (QED) is 0.580. The molecule has 1 aliphatic heterocycles. The van der Waals surface area contributed by atoms with Gasteiger partial charge in [-0.15, -0.1) is 0 Å². The van der Waals surface area contributed by atoms with Crippen molar-refractivity contribution in [3.63, 3.8) is 0 Å². The molecule has 2 heterocycles. The minimum Gasteiger partial charge on any atom is -0.494 e. The van der Waals surface area contributed by atoms with E-state index < -0.39 is 0 Å². The number of ether oxygens (including phenoxy) is 2. The van der Waals surface area contributed by atoms with Crippen LogP contribution in [-0.2, 0) is 38.0 Å². The second-order valence-electron chi connectivity index (χ2n) is 7.85. The molecule has 0 saturated heterocycles. The molecule has 6 nitrogen and oxygen atoms in total. The number of rotatable bonds is 7. The molecule has 1 aromatic heterocycles. The molecule has 1 amide bonds. The van der Waals surface area contributed by atoms with Crippen molar-refractivity contribution in [2.45, 2.75) is 40.0 Å². The van der Waals surface area contributed by atoms with E-state index in [1.165, 1.54) is 16.8 Å². The first-order valence-electron chi connectivity index (χ1n) is 10.7. The summed E-state index contributed by atoms with van der Waals surface area (Å²) >= 11 is 0. The molecule has 0 spiro atoms. The van der Waals surface area contributed by atoms with Gasteiger partial charge in [-0.3, -0.25) is 9.48 Å². The monoisotopic (exact) mass is 419 g/mol. The minimum absolute atomic E-state index is 0.0318. The summed E-state index contributed by atoms with van der Waals surface area (Å²) < 4.78 is 13.4. The van der Waals surface area contributed by atoms with Gasteiger partial charge in [0.15, 0.2) is 0 Å². The van der Waals surface area contributed by atoms with Gasteiger partial charge in [0.05, 0.1) is 25.5 Å². The molecule has 0 atom stereocenters. The molecular weight excluding hydrogens is 390 g/mol. The highest BCUT2D eigenvalue weighted by Gasteiger charge is 2.27. The number of hydrogen-bond acceptors (Lipinski definition) is 4. The maximum absolute atomic E-state index is 13.1. The lowest BCUT2D eigenvalue weighted by Crippen LogP contribution is -2.36. The first kappa shape index (κ1) is 21.1. The standard InChI is InChI=1S/C25H29N3O3/c1-4-31-21-11-9-19(10-12-21)25(29)28-14-13-24-22(15-28)23(26-27(24)3)17-30-16-20-8-6-5-7-18(20)2/h5-12H,4,13-17H2,1-3H3. The Morgan fingerprint density at radius 2 is 1.87 bits per heavy atom. The van der Waals surface area contributed by atoms with Gasteiger partial charge in [0.25, 0.3) is 5.91 Å². The molecular formula is C25H29N3O3. The van der Waals surface area contributed by atoms with E-state index in [4.69, 9.17) is 9.47 Å². The topological polar surface area (TPSA) is 56.6 Å². The van der Waals surface area contributed by atoms with E-state index in [-0.39, 0.29) is 5.91 Å². The van der Waals surface area contributed by atoms with Crippen molar-refractivity contribution in [2.75, 3.05) is 13.2 Å². The van der Waals surface area contributed by atoms with Gasteiger partial charge in [-0.1, -0.05) is 24.3 Å². The number of carbonyl (C=O) groups excluding carboxylic acids is 1. The van der Waals surface area contributed by atoms with Crippen LogP contribution in [0, 0.1) is 6.92 Å². The summed E-state index contributed by atoms with van der Waals surface area (Å²) in [7, 11) is 1.97. The van der Waals surface area contributed by atoms with Crippen molar-refractivity contribution in [3.8, 4) is 5.75 Å². The normalized spacial score (nSPS) is 13.2. The molecule has 3 aromatic rings. The number of hydrogen-bond donors (Lipinski definition) is 0. The van der Waals surface area contributed by atoms with Crippen molar-refractivity contribution in [1.29, 1.82) is 0 Å². The van der Waals surface area contributed by atoms with E-state index in [0.29, 0.717) is 38.5 Å². The van der Waals surface area contributed by atoms with Crippen molar-refractivity contribution in [2.24, 2.45) is 7.05 Å². The Morgan fingerprint density at radius 1 is 1.10 bits per heavy atom. The summed E-state index contributed by atoms with van der Waals surface area (Å²) in [5, 5.41) is 4.68. The van der Waals surface area contributed by atoms with Crippen LogP contribution >= 0.6 is 0 Å². The molecule has 0 radical (unpaired) electrons. The highest BCUT2D eigenvalue weighted by atomic mass is 16.5. The third-order valence-corrected chi connectivity index (χ3v) is 5.78. The summed E-state index contributed by atoms with van der Waals surface area (Å²) in [4.78, 5) is 15.0. The van der Waals surface area contributed by atoms with Crippen LogP contribution in [-0.4, -0.2) is 33.7 Å². The summed E-state index contributed by atoms with van der Waals surface area (Å²) in [6.45, 7) is 6.86. The van der Waals surface area contributed by atoms with Crippen LogP contribution in [0.1, 0.15) is 45.4 Å². The Morgan fingerprint density at radius 3 is 2.61 bits per heavy atom. The maximum Gasteiger partial charge on any atom is 0.254 e. The number of benzene rings is 2. The second-order valence-corrected chi connectivity index (χ2v) is 7.85. The van der Waals surface area contributed by atoms with Crippen LogP contribution in [0.15, 0.2) is 48.5 Å². The van der Waals surface area contributed by atoms with Crippen LogP contribution in [0.4, 0.5) is 0 Å². The number of fused-ring (bicyclic) bond motifs is 1. The molecule has 1 aliphatic rings. The Hall–Kier alpha value is -3.12. The lowest BCUT2D eigenvalue weighted by Gasteiger charge is -2.28. The molecule has 0 unspecified atom stereocenters. The van der Waals surface area contributed by atoms with Crippen LogP contribution in [0.5, 0.6) is 5.75 Å². The molecule has 2 aromatic carbocycles. The third-order valence-electron chi connectivity index (χ3n) is 5.78. The van der Waals surface area contributed by atoms with E-state index in [1.54, 1.807) is 0 Å². The van der Waals surface area contributed by atoms with Crippen molar-refractivity contribution in [1.82, 2.24) is 14.7 Å². The highest BCUT2D eigenvalue weighted by molar-refractivity contribution is 5.94. The lowest BCUT2D eigenvalue weighted by atomic mass is 10.0. The molecule has 162 valence electrons. The largest absolute Gasteiger partial charge is 0.494 e. The Labute approximate surface area is 183 Å². The summed E-state index contributed by atoms with van der Waals surface area (Å²) in [6.07, 6.45) is 0.791. The smallest absolute Gasteiger partial charge is 0.254 e. The molecule has 0 fully saturated rings. The Balaban J connectivity index is 1.44. The van der Waals surface area contributed by atoms with Crippen molar-refractivity contribution < 1.29 is 14.3 Å². The van der Waals surface area contributed by atoms with Crippen LogP contribution in [0.3, 0.4) is 0 Å². The van der Waals surface area contributed by atoms with Gasteiger partial charge < -0.3 is 14.4 Å². The fourth-order valence-electron chi connectivity index (χ4n) is 4.03. The predicted octanol–water partition coefficient (Wildman–Crippen LogP) is 4.04. The van der Waals surface area contributed by atoms with Crippen LogP contribution in [0.2, 0.25) is 0 Å². The summed E-state index contributed by atoms with van der Waals surface area (Å²) in [5.74, 6) is 0.810. The number of amides is 1. The van der Waals surface area contributed by atoms with Crippen LogP contribution < -0.4 is 4.74 Å². The number of carbonyl (C=O) groups is 1. The van der Waals surface area contributed by atoms with Gasteiger partial charge in [0.2, 0.25) is 0 Å². The average molecular weight is 420 g/mol. The van der Waals surface area contributed by atoms with Crippen LogP contribution in [0.25, 0.3) is 0 Å². The van der Waals surface area contributed by atoms with E-state index in [9.17, 15) is 4.79 Å². The fourth-order valence-corrected chi connectivity index (χ4v) is 4.03. The van der Waals surface area contributed by atoms with Crippen molar-refractivity contribution >= 4 is 5.91 Å². The second kappa shape index (κ2) is 9.35. The molecule has 6 heteroatoms. The number of nitrogens with zero attached hydrogens (tertiary/aromatic N) is 3. The summed E-state index contributed by atoms with van der Waals surface area (Å²) in [5.41, 5.74) is 6.28. The first-order chi connectivity index (χ1) is 15.1. The Bertz CT molecular complexity index is 1060. The molecule has 0 aliphatic carbocycles. The van der Waals surface area contributed by atoms with E-state index in [1.807, 2.05) is 60.0 Å². The van der Waals surface area contributed by atoms with Gasteiger partial charge >= 0.3 is 0 Å². The minimum atomic E-state index is 0.0318. The third kappa shape index (κ3) is 4.64. The zero-order valence-electron chi connectivity index (χ0n) is 18.4. The SMILES string of the molecule is CCOc1ccc(C(=O)N2CCc3c(c(COCc4ccccc4C)nn3C)C2)cc1. The first-order valence-corrected chi connectivity index (χ1v) is 10.7. The Kier molecular flexibility index (Phi) is 6.37. The zero-order chi connectivity index (χ0) is 21.8. The van der Waals surface area contributed by atoms with Crippen molar-refractivity contribution in [3.05, 3.63) is 82.2 Å². The molecule has 0 N–H and O–H groups in total. The predicted molar refractivity (Wildman–Crippen MR) is 119 cm³/mol.